The molecular weight excluding hydrogens is 226 g/mol. The number of hydrogen-bond donors (Lipinski definition) is 2. The Morgan fingerprint density at radius 2 is 2.22 bits per heavy atom. The second kappa shape index (κ2) is 5.76. The van der Waals surface area contributed by atoms with Gasteiger partial charge in [0.1, 0.15) is 0 Å². The Kier molecular flexibility index (Phi) is 4.07. The fraction of sp³-hybridized carbons (Fsp3) is 0.500. The zero-order chi connectivity index (χ0) is 13.0. The van der Waals surface area contributed by atoms with Gasteiger partial charge in [0, 0.05) is 24.5 Å². The zero-order valence-corrected chi connectivity index (χ0v) is 10.9. The Hall–Kier alpha value is -1.71. The molecule has 0 saturated carbocycles. The van der Waals surface area contributed by atoms with E-state index in [-0.39, 0.29) is 6.03 Å². The van der Waals surface area contributed by atoms with Crippen LogP contribution in [0, 0.1) is 5.92 Å². The minimum Gasteiger partial charge on any atom is -0.399 e. The number of nitrogens with zero attached hydrogens (tertiary/aromatic N) is 1. The number of nitrogens with two attached hydrogens (primary N) is 1. The van der Waals surface area contributed by atoms with E-state index in [1.807, 2.05) is 23.1 Å². The molecule has 1 aliphatic heterocycles. The number of carbonyl (C=O) groups excluding carboxylic acids is 1. The summed E-state index contributed by atoms with van der Waals surface area (Å²) in [4.78, 5) is 14.0. The number of amides is 2. The third kappa shape index (κ3) is 3.39. The molecule has 1 aromatic carbocycles. The van der Waals surface area contributed by atoms with E-state index < -0.39 is 0 Å². The van der Waals surface area contributed by atoms with Gasteiger partial charge in [0.25, 0.3) is 0 Å². The van der Waals surface area contributed by atoms with E-state index in [4.69, 9.17) is 5.73 Å². The molecule has 4 nitrogen and oxygen atoms in total. The molecule has 2 rings (SSSR count). The SMILES string of the molecule is CC1CCCN(C(=O)Nc2cccc(N)c2)CC1. The van der Waals surface area contributed by atoms with Crippen LogP contribution < -0.4 is 11.1 Å². The van der Waals surface area contributed by atoms with Crippen LogP contribution in [0.3, 0.4) is 0 Å². The van der Waals surface area contributed by atoms with Crippen molar-refractivity contribution in [2.24, 2.45) is 5.92 Å². The maximum atomic E-state index is 12.1. The molecule has 0 aliphatic carbocycles. The molecule has 0 spiro atoms. The van der Waals surface area contributed by atoms with Crippen molar-refractivity contribution in [3.05, 3.63) is 24.3 Å². The van der Waals surface area contributed by atoms with Crippen LogP contribution in [0.2, 0.25) is 0 Å². The Morgan fingerprint density at radius 3 is 3.00 bits per heavy atom. The lowest BCUT2D eigenvalue weighted by molar-refractivity contribution is 0.213. The summed E-state index contributed by atoms with van der Waals surface area (Å²) in [5.41, 5.74) is 7.12. The standard InChI is InChI=1S/C14H21N3O/c1-11-4-3-8-17(9-7-11)14(18)16-13-6-2-5-12(15)10-13/h2,5-6,10-11H,3-4,7-9,15H2,1H3,(H,16,18). The van der Waals surface area contributed by atoms with Crippen LogP contribution in [-0.4, -0.2) is 24.0 Å². The number of nitrogens with one attached hydrogen (secondary N) is 1. The first-order chi connectivity index (χ1) is 8.65. The number of nitrogen functional groups attached to an aromatic ring is 1. The normalized spacial score (nSPS) is 20.3. The van der Waals surface area contributed by atoms with Crippen molar-refractivity contribution in [1.82, 2.24) is 4.90 Å². The minimum atomic E-state index is -0.0188. The van der Waals surface area contributed by atoms with E-state index in [1.54, 1.807) is 6.07 Å². The van der Waals surface area contributed by atoms with Crippen LogP contribution in [-0.2, 0) is 0 Å². The van der Waals surface area contributed by atoms with Gasteiger partial charge in [-0.1, -0.05) is 13.0 Å². The third-order valence-corrected chi connectivity index (χ3v) is 3.44. The van der Waals surface area contributed by atoms with E-state index >= 15 is 0 Å². The molecule has 18 heavy (non-hydrogen) atoms. The maximum Gasteiger partial charge on any atom is 0.321 e. The van der Waals surface area contributed by atoms with E-state index in [2.05, 4.69) is 12.2 Å². The smallest absolute Gasteiger partial charge is 0.321 e. The van der Waals surface area contributed by atoms with Gasteiger partial charge in [-0.15, -0.1) is 0 Å². The maximum absolute atomic E-state index is 12.1. The number of anilines is 2. The second-order valence-electron chi connectivity index (χ2n) is 5.08. The molecule has 1 aliphatic rings. The lowest BCUT2D eigenvalue weighted by atomic mass is 10.0. The molecule has 1 aromatic rings. The summed E-state index contributed by atoms with van der Waals surface area (Å²) in [7, 11) is 0. The van der Waals surface area contributed by atoms with Crippen molar-refractivity contribution in [3.63, 3.8) is 0 Å². The van der Waals surface area contributed by atoms with Gasteiger partial charge in [0.15, 0.2) is 0 Å². The van der Waals surface area contributed by atoms with Crippen LogP contribution in [0.1, 0.15) is 26.2 Å². The van der Waals surface area contributed by atoms with Crippen molar-refractivity contribution in [3.8, 4) is 0 Å². The van der Waals surface area contributed by atoms with Crippen molar-refractivity contribution >= 4 is 17.4 Å². The topological polar surface area (TPSA) is 58.4 Å². The number of rotatable bonds is 1. The first-order valence-corrected chi connectivity index (χ1v) is 6.56. The van der Waals surface area contributed by atoms with Crippen LogP contribution in [0.5, 0.6) is 0 Å². The highest BCUT2D eigenvalue weighted by Crippen LogP contribution is 2.18. The Bertz CT molecular complexity index is 419. The van der Waals surface area contributed by atoms with Crippen LogP contribution in [0.25, 0.3) is 0 Å². The third-order valence-electron chi connectivity index (χ3n) is 3.44. The Morgan fingerprint density at radius 1 is 1.39 bits per heavy atom. The molecule has 1 atom stereocenters. The molecule has 98 valence electrons. The minimum absolute atomic E-state index is 0.0188. The van der Waals surface area contributed by atoms with Gasteiger partial charge >= 0.3 is 6.03 Å². The van der Waals surface area contributed by atoms with Gasteiger partial charge in [0.2, 0.25) is 0 Å². The highest BCUT2D eigenvalue weighted by Gasteiger charge is 2.18. The molecule has 3 N–H and O–H groups in total. The molecule has 1 unspecified atom stereocenters. The van der Waals surface area contributed by atoms with Gasteiger partial charge in [0.05, 0.1) is 0 Å². The number of hydrogen-bond acceptors (Lipinski definition) is 2. The summed E-state index contributed by atoms with van der Waals surface area (Å²) in [5, 5.41) is 2.90. The summed E-state index contributed by atoms with van der Waals surface area (Å²) in [6.45, 7) is 3.94. The van der Waals surface area contributed by atoms with E-state index in [1.165, 1.54) is 6.42 Å². The molecule has 1 saturated heterocycles. The van der Waals surface area contributed by atoms with Crippen molar-refractivity contribution in [2.45, 2.75) is 26.2 Å². The monoisotopic (exact) mass is 247 g/mol. The largest absolute Gasteiger partial charge is 0.399 e. The van der Waals surface area contributed by atoms with Crippen LogP contribution >= 0.6 is 0 Å². The molecule has 0 aromatic heterocycles. The van der Waals surface area contributed by atoms with Crippen molar-refractivity contribution in [2.75, 3.05) is 24.1 Å². The van der Waals surface area contributed by atoms with Crippen molar-refractivity contribution < 1.29 is 4.79 Å². The van der Waals surface area contributed by atoms with Crippen LogP contribution in [0.4, 0.5) is 16.2 Å². The Balaban J connectivity index is 1.95. The average Bonchev–Trinajstić information content (AvgIpc) is 2.54. The first-order valence-electron chi connectivity index (χ1n) is 6.56. The number of likely N-dealkylation sites (tertiary alicyclic amines) is 1. The Labute approximate surface area is 108 Å². The van der Waals surface area contributed by atoms with Crippen molar-refractivity contribution in [1.29, 1.82) is 0 Å². The van der Waals surface area contributed by atoms with Gasteiger partial charge < -0.3 is 16.0 Å². The second-order valence-corrected chi connectivity index (χ2v) is 5.08. The summed E-state index contributed by atoms with van der Waals surface area (Å²) in [5.74, 6) is 0.718. The van der Waals surface area contributed by atoms with E-state index in [0.717, 1.165) is 37.5 Å². The average molecular weight is 247 g/mol. The number of benzene rings is 1. The fourth-order valence-corrected chi connectivity index (χ4v) is 2.29. The van der Waals surface area contributed by atoms with Gasteiger partial charge in [-0.05, 0) is 43.4 Å². The predicted molar refractivity (Wildman–Crippen MR) is 74.5 cm³/mol. The zero-order valence-electron chi connectivity index (χ0n) is 10.9. The molecule has 2 amide bonds. The summed E-state index contributed by atoms with van der Waals surface area (Å²) in [6.07, 6.45) is 3.39. The molecular formula is C14H21N3O. The molecule has 0 radical (unpaired) electrons. The molecule has 4 heteroatoms. The number of carbonyl (C=O) groups is 1. The fourth-order valence-electron chi connectivity index (χ4n) is 2.29. The lowest BCUT2D eigenvalue weighted by Gasteiger charge is -2.21. The van der Waals surface area contributed by atoms with Crippen LogP contribution in [0.15, 0.2) is 24.3 Å². The predicted octanol–water partition coefficient (Wildman–Crippen LogP) is 2.92. The summed E-state index contributed by atoms with van der Waals surface area (Å²) in [6, 6.07) is 7.26. The van der Waals surface area contributed by atoms with Gasteiger partial charge in [-0.2, -0.15) is 0 Å². The molecule has 0 bridgehead atoms. The highest BCUT2D eigenvalue weighted by molar-refractivity contribution is 5.89. The summed E-state index contributed by atoms with van der Waals surface area (Å²) >= 11 is 0. The summed E-state index contributed by atoms with van der Waals surface area (Å²) < 4.78 is 0. The highest BCUT2D eigenvalue weighted by atomic mass is 16.2. The molecule has 1 heterocycles. The quantitative estimate of drug-likeness (QED) is 0.750. The first kappa shape index (κ1) is 12.7. The number of urea groups is 1. The van der Waals surface area contributed by atoms with Gasteiger partial charge in [-0.25, -0.2) is 4.79 Å². The van der Waals surface area contributed by atoms with E-state index in [9.17, 15) is 4.79 Å². The van der Waals surface area contributed by atoms with Gasteiger partial charge in [-0.3, -0.25) is 0 Å². The lowest BCUT2D eigenvalue weighted by Crippen LogP contribution is -2.35. The van der Waals surface area contributed by atoms with E-state index in [0.29, 0.717) is 5.69 Å². The molecule has 1 fully saturated rings.